The number of aliphatic carboxylic acids is 1. The molecular weight excluding hydrogens is 370 g/mol. The van der Waals surface area contributed by atoms with Crippen LogP contribution in [0.15, 0.2) is 28.7 Å². The highest BCUT2D eigenvalue weighted by Gasteiger charge is 2.53. The average Bonchev–Trinajstić information content (AvgIpc) is 3.05. The molecule has 0 saturated carbocycles. The molecule has 1 N–H and O–H groups in total. The number of carboxylic acids is 1. The molecule has 120 valence electrons. The number of halogens is 1. The lowest BCUT2D eigenvalue weighted by molar-refractivity contribution is -0.142. The van der Waals surface area contributed by atoms with E-state index in [0.717, 1.165) is 16.5 Å². The molecule has 0 amide bonds. The van der Waals surface area contributed by atoms with Crippen molar-refractivity contribution in [1.29, 1.82) is 0 Å². The number of nitrogens with zero attached hydrogens (tertiary/aromatic N) is 1. The summed E-state index contributed by atoms with van der Waals surface area (Å²) in [5.41, 5.74) is 0.951. The first-order chi connectivity index (χ1) is 10.4. The van der Waals surface area contributed by atoms with E-state index in [4.69, 9.17) is 0 Å². The smallest absolute Gasteiger partial charge is 0.308 e. The van der Waals surface area contributed by atoms with Crippen molar-refractivity contribution in [2.45, 2.75) is 37.8 Å². The van der Waals surface area contributed by atoms with Crippen LogP contribution in [-0.4, -0.2) is 41.6 Å². The molecule has 0 aliphatic carbocycles. The monoisotopic (exact) mass is 387 g/mol. The first-order valence-electron chi connectivity index (χ1n) is 7.37. The van der Waals surface area contributed by atoms with Crippen LogP contribution in [0, 0.1) is 5.92 Å². The number of fused-ring (bicyclic) bond motifs is 2. The minimum Gasteiger partial charge on any atom is -0.481 e. The molecule has 2 bridgehead atoms. The van der Waals surface area contributed by atoms with Crippen molar-refractivity contribution < 1.29 is 18.3 Å². The maximum atomic E-state index is 12.7. The highest BCUT2D eigenvalue weighted by atomic mass is 79.9. The van der Waals surface area contributed by atoms with Crippen molar-refractivity contribution >= 4 is 31.9 Å². The summed E-state index contributed by atoms with van der Waals surface area (Å²) < 4.78 is 27.7. The van der Waals surface area contributed by atoms with E-state index in [1.54, 1.807) is 0 Å². The largest absolute Gasteiger partial charge is 0.481 e. The van der Waals surface area contributed by atoms with Crippen molar-refractivity contribution in [2.24, 2.45) is 5.92 Å². The second kappa shape index (κ2) is 5.94. The predicted octanol–water partition coefficient (Wildman–Crippen LogP) is 2.26. The molecule has 5 nitrogen and oxygen atoms in total. The van der Waals surface area contributed by atoms with Gasteiger partial charge in [0.1, 0.15) is 0 Å². The van der Waals surface area contributed by atoms with Crippen LogP contribution in [0.2, 0.25) is 0 Å². The Morgan fingerprint density at radius 1 is 1.32 bits per heavy atom. The molecule has 2 fully saturated rings. The van der Waals surface area contributed by atoms with Crippen LogP contribution < -0.4 is 0 Å². The Hall–Kier alpha value is -0.920. The van der Waals surface area contributed by atoms with Crippen LogP contribution in [-0.2, 0) is 21.2 Å². The van der Waals surface area contributed by atoms with Crippen LogP contribution >= 0.6 is 15.9 Å². The zero-order valence-electron chi connectivity index (χ0n) is 12.0. The van der Waals surface area contributed by atoms with E-state index in [0.29, 0.717) is 19.3 Å². The maximum absolute atomic E-state index is 12.7. The van der Waals surface area contributed by atoms with Crippen LogP contribution in [0.5, 0.6) is 0 Å². The lowest BCUT2D eigenvalue weighted by atomic mass is 9.89. The van der Waals surface area contributed by atoms with Crippen molar-refractivity contribution in [3.05, 3.63) is 34.3 Å². The fourth-order valence-corrected chi connectivity index (χ4v) is 6.17. The number of hydrogen-bond acceptors (Lipinski definition) is 3. The summed E-state index contributed by atoms with van der Waals surface area (Å²) in [6, 6.07) is 7.08. The van der Waals surface area contributed by atoms with Crippen LogP contribution in [0.3, 0.4) is 0 Å². The van der Waals surface area contributed by atoms with Gasteiger partial charge < -0.3 is 5.11 Å². The molecular formula is C15H18BrNO4S. The number of benzene rings is 1. The Balaban J connectivity index is 1.74. The van der Waals surface area contributed by atoms with E-state index in [9.17, 15) is 18.3 Å². The summed E-state index contributed by atoms with van der Waals surface area (Å²) in [7, 11) is -3.43. The summed E-state index contributed by atoms with van der Waals surface area (Å²) >= 11 is 3.43. The fraction of sp³-hybridized carbons (Fsp3) is 0.533. The third kappa shape index (κ3) is 2.81. The molecule has 2 saturated heterocycles. The van der Waals surface area contributed by atoms with Gasteiger partial charge >= 0.3 is 5.97 Å². The first kappa shape index (κ1) is 16.0. The Bertz CT molecular complexity index is 691. The quantitative estimate of drug-likeness (QED) is 0.840. The molecule has 0 radical (unpaired) electrons. The molecule has 0 spiro atoms. The Kier molecular flexibility index (Phi) is 4.31. The predicted molar refractivity (Wildman–Crippen MR) is 86.0 cm³/mol. The van der Waals surface area contributed by atoms with Crippen LogP contribution in [0.25, 0.3) is 0 Å². The first-order valence-corrected chi connectivity index (χ1v) is 9.78. The van der Waals surface area contributed by atoms with Gasteiger partial charge in [-0.15, -0.1) is 0 Å². The lowest BCUT2D eigenvalue weighted by Gasteiger charge is -2.22. The van der Waals surface area contributed by atoms with E-state index in [1.807, 2.05) is 24.3 Å². The number of carboxylic acid groups (broad SMARTS) is 1. The molecule has 3 rings (SSSR count). The van der Waals surface area contributed by atoms with Gasteiger partial charge in [-0.1, -0.05) is 34.1 Å². The summed E-state index contributed by atoms with van der Waals surface area (Å²) in [6.45, 7) is 0. The van der Waals surface area contributed by atoms with E-state index < -0.39 is 21.9 Å². The van der Waals surface area contributed by atoms with Crippen LogP contribution in [0.1, 0.15) is 24.8 Å². The zero-order chi connectivity index (χ0) is 15.9. The van der Waals surface area contributed by atoms with Gasteiger partial charge in [0.2, 0.25) is 10.0 Å². The normalized spacial score (nSPS) is 28.1. The SMILES string of the molecule is O=C(O)C1CC2CCC1N2S(=O)(=O)CCc1ccccc1Br. The standard InChI is InChI=1S/C15H18BrNO4S/c16-13-4-2-1-3-10(13)7-8-22(20,21)17-11-5-6-14(17)12(9-11)15(18)19/h1-4,11-12,14H,5-9H2,(H,18,19). The van der Waals surface area contributed by atoms with Gasteiger partial charge in [0.15, 0.2) is 0 Å². The Morgan fingerprint density at radius 2 is 2.05 bits per heavy atom. The van der Waals surface area contributed by atoms with E-state index in [2.05, 4.69) is 15.9 Å². The number of aryl methyl sites for hydroxylation is 1. The van der Waals surface area contributed by atoms with Gasteiger partial charge in [-0.3, -0.25) is 4.79 Å². The number of sulfonamides is 1. The molecule has 1 aromatic carbocycles. The van der Waals surface area contributed by atoms with Crippen LogP contribution in [0.4, 0.5) is 0 Å². The molecule has 22 heavy (non-hydrogen) atoms. The van der Waals surface area contributed by atoms with Gasteiger partial charge in [0.05, 0.1) is 11.7 Å². The molecule has 1 aromatic rings. The molecule has 2 heterocycles. The van der Waals surface area contributed by atoms with Gasteiger partial charge in [0, 0.05) is 16.6 Å². The van der Waals surface area contributed by atoms with Gasteiger partial charge in [-0.05, 0) is 37.3 Å². The van der Waals surface area contributed by atoms with Crippen molar-refractivity contribution in [1.82, 2.24) is 4.31 Å². The van der Waals surface area contributed by atoms with Gasteiger partial charge in [-0.25, -0.2) is 8.42 Å². The third-order valence-corrected chi connectivity index (χ3v) is 7.40. The molecule has 3 atom stereocenters. The minimum absolute atomic E-state index is 0.0228. The molecule has 0 aromatic heterocycles. The summed E-state index contributed by atoms with van der Waals surface area (Å²) in [5.74, 6) is -1.40. The van der Waals surface area contributed by atoms with Gasteiger partial charge in [-0.2, -0.15) is 4.31 Å². The summed E-state index contributed by atoms with van der Waals surface area (Å²) in [5, 5.41) is 9.24. The van der Waals surface area contributed by atoms with Crippen molar-refractivity contribution in [2.75, 3.05) is 5.75 Å². The van der Waals surface area contributed by atoms with Crippen molar-refractivity contribution in [3.8, 4) is 0 Å². The fourth-order valence-electron chi connectivity index (χ4n) is 3.68. The number of hydrogen-bond donors (Lipinski definition) is 1. The Labute approximate surface area is 138 Å². The van der Waals surface area contributed by atoms with Gasteiger partial charge in [0.25, 0.3) is 0 Å². The molecule has 2 aliphatic rings. The van der Waals surface area contributed by atoms with Crippen molar-refractivity contribution in [3.63, 3.8) is 0 Å². The summed E-state index contributed by atoms with van der Waals surface area (Å²) in [4.78, 5) is 11.3. The highest BCUT2D eigenvalue weighted by molar-refractivity contribution is 9.10. The number of carbonyl (C=O) groups is 1. The molecule has 7 heteroatoms. The molecule has 3 unspecified atom stereocenters. The van der Waals surface area contributed by atoms with E-state index in [-0.39, 0.29) is 17.8 Å². The Morgan fingerprint density at radius 3 is 2.68 bits per heavy atom. The maximum Gasteiger partial charge on any atom is 0.308 e. The second-order valence-corrected chi connectivity index (χ2v) is 8.81. The van der Waals surface area contributed by atoms with E-state index >= 15 is 0 Å². The second-order valence-electron chi connectivity index (χ2n) is 5.97. The lowest BCUT2D eigenvalue weighted by Crippen LogP contribution is -2.39. The topological polar surface area (TPSA) is 74.7 Å². The molecule has 2 aliphatic heterocycles. The highest BCUT2D eigenvalue weighted by Crippen LogP contribution is 2.43. The zero-order valence-corrected chi connectivity index (χ0v) is 14.4. The summed E-state index contributed by atoms with van der Waals surface area (Å²) in [6.07, 6.45) is 2.32. The average molecular weight is 388 g/mol. The minimum atomic E-state index is -3.43. The third-order valence-electron chi connectivity index (χ3n) is 4.70. The number of rotatable bonds is 5. The van der Waals surface area contributed by atoms with E-state index in [1.165, 1.54) is 4.31 Å².